The minimum Gasteiger partial charge on any atom is -0.501 e. The number of aromatic amines is 1. The number of aromatic hydroxyl groups is 1. The van der Waals surface area contributed by atoms with Gasteiger partial charge >= 0.3 is 5.82 Å². The maximum Gasteiger partial charge on any atom is 0.362 e. The Morgan fingerprint density at radius 2 is 2.44 bits per heavy atom. The topological polar surface area (TPSA) is 79.2 Å². The summed E-state index contributed by atoms with van der Waals surface area (Å²) < 4.78 is 0. The highest BCUT2D eigenvalue weighted by molar-refractivity contribution is 5.37. The lowest BCUT2D eigenvalue weighted by molar-refractivity contribution is -0.390. The predicted molar refractivity (Wildman–Crippen MR) is 29.1 cm³/mol. The van der Waals surface area contributed by atoms with Gasteiger partial charge in [-0.05, 0) is 4.92 Å². The average Bonchev–Trinajstić information content (AvgIpc) is 2.13. The van der Waals surface area contributed by atoms with Crippen molar-refractivity contribution in [3.63, 3.8) is 0 Å². The van der Waals surface area contributed by atoms with Crippen LogP contribution in [0.5, 0.6) is 5.75 Å². The van der Waals surface area contributed by atoms with Crippen LogP contribution in [0.1, 0.15) is 0 Å². The minimum absolute atomic E-state index is 0.333. The Balaban J connectivity index is 3.08. The van der Waals surface area contributed by atoms with Crippen LogP contribution in [0.15, 0.2) is 12.3 Å². The van der Waals surface area contributed by atoms with E-state index in [0.29, 0.717) is 0 Å². The molecule has 0 radical (unpaired) electrons. The highest BCUT2D eigenvalue weighted by atomic mass is 16.6. The summed E-state index contributed by atoms with van der Waals surface area (Å²) in [7, 11) is 0. The first-order valence-corrected chi connectivity index (χ1v) is 2.22. The van der Waals surface area contributed by atoms with Gasteiger partial charge in [0.2, 0.25) is 5.75 Å². The van der Waals surface area contributed by atoms with Crippen molar-refractivity contribution in [1.82, 2.24) is 4.98 Å². The molecule has 0 saturated heterocycles. The number of nitro groups is 1. The van der Waals surface area contributed by atoms with E-state index in [9.17, 15) is 10.1 Å². The van der Waals surface area contributed by atoms with E-state index < -0.39 is 4.92 Å². The lowest BCUT2D eigenvalue weighted by Gasteiger charge is -1.87. The van der Waals surface area contributed by atoms with Crippen LogP contribution < -0.4 is 0 Å². The summed E-state index contributed by atoms with van der Waals surface area (Å²) in [5.41, 5.74) is 0. The van der Waals surface area contributed by atoms with Crippen LogP contribution >= 0.6 is 0 Å². The molecule has 1 aromatic rings. The molecule has 0 spiro atoms. The Labute approximate surface area is 50.1 Å². The van der Waals surface area contributed by atoms with Gasteiger partial charge in [0.1, 0.15) is 0 Å². The molecule has 5 heteroatoms. The monoisotopic (exact) mass is 128 g/mol. The summed E-state index contributed by atoms with van der Waals surface area (Å²) in [4.78, 5) is 11.5. The van der Waals surface area contributed by atoms with Crippen molar-refractivity contribution in [2.75, 3.05) is 0 Å². The molecule has 0 saturated carbocycles. The molecule has 48 valence electrons. The van der Waals surface area contributed by atoms with Crippen molar-refractivity contribution < 1.29 is 10.0 Å². The molecule has 1 rings (SSSR count). The van der Waals surface area contributed by atoms with Gasteiger partial charge in [0.05, 0.1) is 6.20 Å². The quantitative estimate of drug-likeness (QED) is 0.430. The number of rotatable bonds is 1. The van der Waals surface area contributed by atoms with Crippen LogP contribution in [0.3, 0.4) is 0 Å². The Hall–Kier alpha value is -1.52. The summed E-state index contributed by atoms with van der Waals surface area (Å²) >= 11 is 0. The predicted octanol–water partition coefficient (Wildman–Crippen LogP) is 0.628. The standard InChI is InChI=1S/C4H4N2O3/c7-3-1-2-5-4(3)6(8)9/h1-2,5,7H. The molecular weight excluding hydrogens is 124 g/mol. The SMILES string of the molecule is O=[N+]([O-])c1[nH]ccc1O. The van der Waals surface area contributed by atoms with E-state index in [0.717, 1.165) is 0 Å². The maximum atomic E-state index is 9.90. The molecule has 0 aliphatic rings. The zero-order chi connectivity index (χ0) is 6.85. The fraction of sp³-hybridized carbons (Fsp3) is 0. The largest absolute Gasteiger partial charge is 0.501 e. The van der Waals surface area contributed by atoms with Crippen LogP contribution in [-0.2, 0) is 0 Å². The van der Waals surface area contributed by atoms with Crippen molar-refractivity contribution in [2.24, 2.45) is 0 Å². The van der Waals surface area contributed by atoms with Crippen molar-refractivity contribution in [3.05, 3.63) is 22.4 Å². The van der Waals surface area contributed by atoms with Crippen LogP contribution in [0.4, 0.5) is 5.82 Å². The lowest BCUT2D eigenvalue weighted by atomic mass is 10.6. The summed E-state index contributed by atoms with van der Waals surface area (Å²) in [5.74, 6) is -0.699. The Morgan fingerprint density at radius 1 is 1.78 bits per heavy atom. The zero-order valence-corrected chi connectivity index (χ0v) is 4.37. The van der Waals surface area contributed by atoms with Gasteiger partial charge in [0.15, 0.2) is 0 Å². The van der Waals surface area contributed by atoms with E-state index in [2.05, 4.69) is 4.98 Å². The Morgan fingerprint density at radius 3 is 2.67 bits per heavy atom. The fourth-order valence-electron chi connectivity index (χ4n) is 0.499. The molecule has 0 unspecified atom stereocenters. The molecule has 0 atom stereocenters. The van der Waals surface area contributed by atoms with Crippen molar-refractivity contribution in [2.45, 2.75) is 0 Å². The molecule has 0 bridgehead atoms. The number of H-pyrrole nitrogens is 1. The normalized spacial score (nSPS) is 9.33. The third kappa shape index (κ3) is 0.835. The van der Waals surface area contributed by atoms with Crippen LogP contribution in [-0.4, -0.2) is 15.0 Å². The van der Waals surface area contributed by atoms with Gasteiger partial charge in [0, 0.05) is 6.07 Å². The van der Waals surface area contributed by atoms with Crippen molar-refractivity contribution in [3.8, 4) is 5.75 Å². The molecule has 0 aromatic carbocycles. The van der Waals surface area contributed by atoms with Gasteiger partial charge in [-0.1, -0.05) is 0 Å². The average molecular weight is 128 g/mol. The molecule has 1 aromatic heterocycles. The summed E-state index contributed by atoms with van der Waals surface area (Å²) in [6.07, 6.45) is 1.30. The van der Waals surface area contributed by atoms with E-state index in [1.165, 1.54) is 12.3 Å². The van der Waals surface area contributed by atoms with Gasteiger partial charge in [-0.3, -0.25) is 0 Å². The van der Waals surface area contributed by atoms with Gasteiger partial charge in [0.25, 0.3) is 0 Å². The smallest absolute Gasteiger partial charge is 0.362 e. The molecule has 5 nitrogen and oxygen atoms in total. The fourth-order valence-corrected chi connectivity index (χ4v) is 0.499. The van der Waals surface area contributed by atoms with E-state index in [4.69, 9.17) is 5.11 Å². The van der Waals surface area contributed by atoms with Crippen LogP contribution in [0, 0.1) is 10.1 Å². The number of nitrogens with zero attached hydrogens (tertiary/aromatic N) is 1. The van der Waals surface area contributed by atoms with Gasteiger partial charge in [-0.2, -0.15) is 0 Å². The third-order valence-corrected chi connectivity index (χ3v) is 0.886. The highest BCUT2D eigenvalue weighted by Crippen LogP contribution is 2.21. The molecule has 0 aliphatic heterocycles. The summed E-state index contributed by atoms with van der Waals surface area (Å²) in [5, 5.41) is 18.5. The molecule has 0 fully saturated rings. The number of hydrogen-bond donors (Lipinski definition) is 2. The third-order valence-electron chi connectivity index (χ3n) is 0.886. The molecule has 0 amide bonds. The Bertz CT molecular complexity index is 229. The second-order valence-electron chi connectivity index (χ2n) is 1.47. The zero-order valence-electron chi connectivity index (χ0n) is 4.37. The van der Waals surface area contributed by atoms with Gasteiger partial charge in [-0.15, -0.1) is 0 Å². The molecule has 1 heterocycles. The van der Waals surface area contributed by atoms with Gasteiger partial charge in [-0.25, -0.2) is 4.98 Å². The summed E-state index contributed by atoms with van der Waals surface area (Å²) in [6, 6.07) is 1.22. The number of hydrogen-bond acceptors (Lipinski definition) is 3. The molecule has 2 N–H and O–H groups in total. The van der Waals surface area contributed by atoms with Crippen LogP contribution in [0.2, 0.25) is 0 Å². The molecule has 9 heavy (non-hydrogen) atoms. The lowest BCUT2D eigenvalue weighted by Crippen LogP contribution is -1.86. The van der Waals surface area contributed by atoms with E-state index in [-0.39, 0.29) is 11.6 Å². The van der Waals surface area contributed by atoms with Crippen molar-refractivity contribution >= 4 is 5.82 Å². The van der Waals surface area contributed by atoms with E-state index in [1.807, 2.05) is 0 Å². The highest BCUT2D eigenvalue weighted by Gasteiger charge is 2.09. The van der Waals surface area contributed by atoms with E-state index >= 15 is 0 Å². The Kier molecular flexibility index (Phi) is 1.11. The molecule has 0 aliphatic carbocycles. The number of nitrogens with one attached hydrogen (secondary N) is 1. The first kappa shape index (κ1) is 5.61. The minimum atomic E-state index is -0.685. The maximum absolute atomic E-state index is 9.90. The van der Waals surface area contributed by atoms with E-state index in [1.54, 1.807) is 0 Å². The second-order valence-corrected chi connectivity index (χ2v) is 1.47. The second kappa shape index (κ2) is 1.77. The first-order valence-electron chi connectivity index (χ1n) is 2.22. The molecular formula is C4H4N2O3. The van der Waals surface area contributed by atoms with Crippen molar-refractivity contribution in [1.29, 1.82) is 0 Å². The first-order chi connectivity index (χ1) is 4.22. The van der Waals surface area contributed by atoms with Gasteiger partial charge < -0.3 is 15.2 Å². The summed E-state index contributed by atoms with van der Waals surface area (Å²) in [6.45, 7) is 0. The number of aromatic nitrogens is 1. The van der Waals surface area contributed by atoms with Crippen LogP contribution in [0.25, 0.3) is 0 Å².